The van der Waals surface area contributed by atoms with Crippen LogP contribution in [0.2, 0.25) is 5.02 Å². The van der Waals surface area contributed by atoms with E-state index in [0.717, 1.165) is 13.0 Å². The van der Waals surface area contributed by atoms with Crippen molar-refractivity contribution in [1.29, 1.82) is 0 Å². The van der Waals surface area contributed by atoms with Crippen LogP contribution < -0.4 is 15.0 Å². The Hall–Kier alpha value is -2.57. The van der Waals surface area contributed by atoms with E-state index in [1.165, 1.54) is 0 Å². The van der Waals surface area contributed by atoms with Crippen LogP contribution in [0.3, 0.4) is 0 Å². The number of anilines is 2. The van der Waals surface area contributed by atoms with E-state index in [9.17, 15) is 9.59 Å². The van der Waals surface area contributed by atoms with Crippen LogP contribution in [-0.4, -0.2) is 50.0 Å². The molecule has 2 aromatic rings. The minimum Gasteiger partial charge on any atom is -0.479 e. The molecular formula is C21H24ClN3O3. The fourth-order valence-electron chi connectivity index (χ4n) is 3.06. The third-order valence-corrected chi connectivity index (χ3v) is 4.77. The second kappa shape index (κ2) is 8.63. The predicted octanol–water partition coefficient (Wildman–Crippen LogP) is 3.66. The fourth-order valence-corrected chi connectivity index (χ4v) is 3.19. The molecule has 1 atom stereocenters. The Kier molecular flexibility index (Phi) is 6.21. The van der Waals surface area contributed by atoms with E-state index < -0.39 is 6.10 Å². The largest absolute Gasteiger partial charge is 0.479 e. The molecule has 148 valence electrons. The van der Waals surface area contributed by atoms with Gasteiger partial charge >= 0.3 is 0 Å². The monoisotopic (exact) mass is 401 g/mol. The molecule has 0 saturated carbocycles. The van der Waals surface area contributed by atoms with Gasteiger partial charge in [-0.05, 0) is 76.4 Å². The lowest BCUT2D eigenvalue weighted by atomic mass is 10.1. The molecule has 1 aliphatic heterocycles. The van der Waals surface area contributed by atoms with Crippen LogP contribution in [-0.2, 0) is 4.79 Å². The average Bonchev–Trinajstić information content (AvgIpc) is 2.65. The van der Waals surface area contributed by atoms with E-state index >= 15 is 0 Å². The quantitative estimate of drug-likeness (QED) is 0.802. The van der Waals surface area contributed by atoms with E-state index in [1.807, 2.05) is 14.1 Å². The first-order valence-corrected chi connectivity index (χ1v) is 9.56. The molecule has 7 heteroatoms. The molecule has 0 radical (unpaired) electrons. The number of hydrogen-bond acceptors (Lipinski definition) is 4. The van der Waals surface area contributed by atoms with Crippen LogP contribution in [0.15, 0.2) is 42.5 Å². The van der Waals surface area contributed by atoms with Gasteiger partial charge in [-0.15, -0.1) is 0 Å². The van der Waals surface area contributed by atoms with Crippen LogP contribution in [0.4, 0.5) is 11.4 Å². The van der Waals surface area contributed by atoms with Gasteiger partial charge in [0, 0.05) is 22.8 Å². The van der Waals surface area contributed by atoms with Crippen molar-refractivity contribution in [1.82, 2.24) is 4.90 Å². The molecule has 6 nitrogen and oxygen atoms in total. The van der Waals surface area contributed by atoms with Crippen LogP contribution in [0, 0.1) is 0 Å². The zero-order valence-electron chi connectivity index (χ0n) is 16.2. The van der Waals surface area contributed by atoms with Crippen molar-refractivity contribution in [3.8, 4) is 5.75 Å². The summed E-state index contributed by atoms with van der Waals surface area (Å²) < 4.78 is 5.73. The molecule has 1 aliphatic rings. The summed E-state index contributed by atoms with van der Waals surface area (Å²) in [7, 11) is 4.00. The molecule has 0 fully saturated rings. The van der Waals surface area contributed by atoms with Crippen LogP contribution >= 0.6 is 11.6 Å². The third-order valence-electron chi connectivity index (χ3n) is 4.52. The third kappa shape index (κ3) is 4.64. The molecule has 0 spiro atoms. The highest BCUT2D eigenvalue weighted by Gasteiger charge is 2.31. The van der Waals surface area contributed by atoms with Crippen LogP contribution in [0.5, 0.6) is 5.75 Å². The summed E-state index contributed by atoms with van der Waals surface area (Å²) in [5.41, 5.74) is 1.78. The lowest BCUT2D eigenvalue weighted by Gasteiger charge is -2.33. The van der Waals surface area contributed by atoms with Crippen molar-refractivity contribution in [3.63, 3.8) is 0 Å². The maximum absolute atomic E-state index is 12.6. The molecule has 0 aliphatic carbocycles. The molecule has 1 heterocycles. The summed E-state index contributed by atoms with van der Waals surface area (Å²) in [5, 5.41) is 3.44. The number of benzene rings is 2. The second-order valence-corrected chi connectivity index (χ2v) is 7.49. The van der Waals surface area contributed by atoms with Gasteiger partial charge in [0.1, 0.15) is 5.75 Å². The molecule has 1 N–H and O–H groups in total. The van der Waals surface area contributed by atoms with Crippen molar-refractivity contribution in [2.24, 2.45) is 0 Å². The number of halogens is 1. The molecule has 0 bridgehead atoms. The first-order chi connectivity index (χ1) is 13.3. The predicted molar refractivity (Wildman–Crippen MR) is 111 cm³/mol. The van der Waals surface area contributed by atoms with Gasteiger partial charge in [0.25, 0.3) is 11.8 Å². The first kappa shape index (κ1) is 20.2. The van der Waals surface area contributed by atoms with E-state index in [-0.39, 0.29) is 11.8 Å². The summed E-state index contributed by atoms with van der Waals surface area (Å²) in [6, 6.07) is 12.0. The van der Waals surface area contributed by atoms with Gasteiger partial charge in [0.05, 0.1) is 5.69 Å². The number of hydrogen-bond donors (Lipinski definition) is 1. The minimum atomic E-state index is -0.527. The smallest absolute Gasteiger partial charge is 0.267 e. The standard InChI is InChI=1S/C21H24ClN3O3/c1-14-21(27)25(12-4-11-24(2)3)18-13-17(9-10-19(18)28-14)23-20(26)15-5-7-16(22)8-6-15/h5-10,13-14H,4,11-12H2,1-3H3,(H,23,26). The first-order valence-electron chi connectivity index (χ1n) is 9.19. The van der Waals surface area contributed by atoms with Gasteiger partial charge in [0.2, 0.25) is 0 Å². The highest BCUT2D eigenvalue weighted by atomic mass is 35.5. The Morgan fingerprint density at radius 2 is 1.93 bits per heavy atom. The van der Waals surface area contributed by atoms with Crippen LogP contribution in [0.1, 0.15) is 23.7 Å². The molecule has 1 unspecified atom stereocenters. The zero-order valence-corrected chi connectivity index (χ0v) is 17.0. The minimum absolute atomic E-state index is 0.0765. The van der Waals surface area contributed by atoms with Crippen molar-refractivity contribution >= 4 is 34.8 Å². The number of carbonyl (C=O) groups excluding carboxylic acids is 2. The number of fused-ring (bicyclic) bond motifs is 1. The molecule has 0 aromatic heterocycles. The summed E-state index contributed by atoms with van der Waals surface area (Å²) in [6.07, 6.45) is 0.313. The van der Waals surface area contributed by atoms with Gasteiger partial charge in [-0.25, -0.2) is 0 Å². The Bertz CT molecular complexity index is 868. The number of nitrogens with one attached hydrogen (secondary N) is 1. The molecule has 3 rings (SSSR count). The van der Waals surface area contributed by atoms with Crippen molar-refractivity contribution in [2.75, 3.05) is 37.4 Å². The van der Waals surface area contributed by atoms with Crippen molar-refractivity contribution in [3.05, 3.63) is 53.1 Å². The van der Waals surface area contributed by atoms with E-state index in [1.54, 1.807) is 54.3 Å². The number of rotatable bonds is 6. The SMILES string of the molecule is CC1Oc2ccc(NC(=O)c3ccc(Cl)cc3)cc2N(CCCN(C)C)C1=O. The van der Waals surface area contributed by atoms with Crippen molar-refractivity contribution < 1.29 is 14.3 Å². The topological polar surface area (TPSA) is 61.9 Å². The maximum atomic E-state index is 12.6. The second-order valence-electron chi connectivity index (χ2n) is 7.05. The number of nitrogens with zero attached hydrogens (tertiary/aromatic N) is 2. The average molecular weight is 402 g/mol. The molecule has 0 saturated heterocycles. The number of carbonyl (C=O) groups is 2. The van der Waals surface area contributed by atoms with Crippen molar-refractivity contribution in [2.45, 2.75) is 19.4 Å². The van der Waals surface area contributed by atoms with Gasteiger partial charge in [-0.1, -0.05) is 11.6 Å². The van der Waals surface area contributed by atoms with Gasteiger partial charge in [-0.3, -0.25) is 9.59 Å². The van der Waals surface area contributed by atoms with Crippen LogP contribution in [0.25, 0.3) is 0 Å². The zero-order chi connectivity index (χ0) is 20.3. The van der Waals surface area contributed by atoms with E-state index in [4.69, 9.17) is 16.3 Å². The Labute approximate surface area is 170 Å². The molecule has 2 aromatic carbocycles. The fraction of sp³-hybridized carbons (Fsp3) is 0.333. The highest BCUT2D eigenvalue weighted by molar-refractivity contribution is 6.30. The van der Waals surface area contributed by atoms with Gasteiger partial charge in [0.15, 0.2) is 6.10 Å². The van der Waals surface area contributed by atoms with Gasteiger partial charge in [-0.2, -0.15) is 0 Å². The Morgan fingerprint density at radius 1 is 1.21 bits per heavy atom. The Balaban J connectivity index is 1.80. The molecule has 2 amide bonds. The van der Waals surface area contributed by atoms with Gasteiger partial charge < -0.3 is 19.9 Å². The van der Waals surface area contributed by atoms with E-state index in [0.29, 0.717) is 34.3 Å². The lowest BCUT2D eigenvalue weighted by molar-refractivity contribution is -0.125. The summed E-state index contributed by atoms with van der Waals surface area (Å²) in [6.45, 7) is 3.22. The van der Waals surface area contributed by atoms with E-state index in [2.05, 4.69) is 10.2 Å². The normalized spacial score (nSPS) is 16.0. The summed E-state index contributed by atoms with van der Waals surface area (Å²) >= 11 is 5.87. The number of ether oxygens (including phenoxy) is 1. The maximum Gasteiger partial charge on any atom is 0.267 e. The number of amides is 2. The molecule has 28 heavy (non-hydrogen) atoms. The lowest BCUT2D eigenvalue weighted by Crippen LogP contribution is -2.45. The Morgan fingerprint density at radius 3 is 2.61 bits per heavy atom. The summed E-state index contributed by atoms with van der Waals surface area (Å²) in [5.74, 6) is 0.320. The molecular weight excluding hydrogens is 378 g/mol. The summed E-state index contributed by atoms with van der Waals surface area (Å²) in [4.78, 5) is 28.9. The highest BCUT2D eigenvalue weighted by Crippen LogP contribution is 2.36.